The van der Waals surface area contributed by atoms with Crippen molar-refractivity contribution >= 4 is 23.2 Å². The molecule has 0 aliphatic carbocycles. The number of benzene rings is 1. The lowest BCUT2D eigenvalue weighted by molar-refractivity contribution is -0.117. The topological polar surface area (TPSA) is 29.5 Å². The van der Waals surface area contributed by atoms with Crippen molar-refractivity contribution in [3.63, 3.8) is 0 Å². The molecule has 3 nitrogen and oxygen atoms in total. The Morgan fingerprint density at radius 1 is 1.53 bits per heavy atom. The smallest absolute Gasteiger partial charge is 0.242 e. The Morgan fingerprint density at radius 2 is 2.21 bits per heavy atom. The van der Waals surface area contributed by atoms with E-state index in [1.54, 1.807) is 12.0 Å². The highest BCUT2D eigenvalue weighted by atomic mass is 35.5. The molecule has 19 heavy (non-hydrogen) atoms. The minimum Gasteiger partial charge on any atom is -0.495 e. The molecular weight excluding hydrogens is 262 g/mol. The van der Waals surface area contributed by atoms with Gasteiger partial charge in [0.05, 0.1) is 12.8 Å². The fourth-order valence-electron chi connectivity index (χ4n) is 3.12. The Hall–Kier alpha value is -1.22. The molecule has 1 aromatic rings. The summed E-state index contributed by atoms with van der Waals surface area (Å²) >= 11 is 5.78. The Morgan fingerprint density at radius 3 is 2.79 bits per heavy atom. The quantitative estimate of drug-likeness (QED) is 0.776. The number of carbonyl (C=O) groups excluding carboxylic acids is 1. The van der Waals surface area contributed by atoms with E-state index in [0.29, 0.717) is 5.92 Å². The summed E-state index contributed by atoms with van der Waals surface area (Å²) in [6, 6.07) is 5.92. The van der Waals surface area contributed by atoms with Gasteiger partial charge in [0.1, 0.15) is 11.6 Å². The minimum atomic E-state index is -0.257. The Kier molecular flexibility index (Phi) is 3.77. The van der Waals surface area contributed by atoms with Gasteiger partial charge in [-0.3, -0.25) is 4.79 Å². The van der Waals surface area contributed by atoms with Crippen LogP contribution in [-0.4, -0.2) is 24.4 Å². The average Bonchev–Trinajstić information content (AvgIpc) is 2.36. The van der Waals surface area contributed by atoms with Gasteiger partial charge in [-0.1, -0.05) is 19.1 Å². The molecule has 0 radical (unpaired) electrons. The monoisotopic (exact) mass is 281 g/mol. The van der Waals surface area contributed by atoms with Gasteiger partial charge in [-0.05, 0) is 37.8 Å². The molecule has 2 rings (SSSR count). The predicted octanol–water partition coefficient (Wildman–Crippen LogP) is 3.55. The van der Waals surface area contributed by atoms with Gasteiger partial charge in [0, 0.05) is 5.54 Å². The van der Waals surface area contributed by atoms with Crippen molar-refractivity contribution in [2.24, 2.45) is 0 Å². The molecule has 1 aliphatic rings. The van der Waals surface area contributed by atoms with E-state index in [-0.39, 0.29) is 17.3 Å². The second-order valence-corrected chi connectivity index (χ2v) is 5.95. The van der Waals surface area contributed by atoms with Crippen LogP contribution >= 0.6 is 11.6 Å². The minimum absolute atomic E-state index is 0.0186. The summed E-state index contributed by atoms with van der Waals surface area (Å²) in [6.45, 7) is 6.33. The van der Waals surface area contributed by atoms with Crippen molar-refractivity contribution in [1.29, 1.82) is 0 Å². The van der Waals surface area contributed by atoms with Crippen LogP contribution < -0.4 is 9.64 Å². The molecule has 0 aromatic heterocycles. The van der Waals surface area contributed by atoms with E-state index in [1.807, 2.05) is 12.1 Å². The van der Waals surface area contributed by atoms with Gasteiger partial charge in [0.2, 0.25) is 5.91 Å². The average molecular weight is 282 g/mol. The molecule has 0 unspecified atom stereocenters. The first kappa shape index (κ1) is 14.2. The number of rotatable bonds is 2. The first-order valence-electron chi connectivity index (χ1n) is 6.48. The lowest BCUT2D eigenvalue weighted by Gasteiger charge is -2.46. The third kappa shape index (κ3) is 2.32. The Balaban J connectivity index is 2.66. The number of hydrogen-bond donors (Lipinski definition) is 0. The lowest BCUT2D eigenvalue weighted by atomic mass is 9.80. The summed E-state index contributed by atoms with van der Waals surface area (Å²) in [5.74, 6) is 1.02. The molecule has 1 amide bonds. The van der Waals surface area contributed by atoms with Crippen LogP contribution in [0.15, 0.2) is 18.2 Å². The number of carbonyl (C=O) groups is 1. The predicted molar refractivity (Wildman–Crippen MR) is 78.3 cm³/mol. The lowest BCUT2D eigenvalue weighted by Crippen LogP contribution is -2.52. The van der Waals surface area contributed by atoms with E-state index in [1.165, 1.54) is 0 Å². The largest absolute Gasteiger partial charge is 0.495 e. The second-order valence-electron chi connectivity index (χ2n) is 5.68. The van der Waals surface area contributed by atoms with E-state index in [0.717, 1.165) is 23.4 Å². The fourth-order valence-corrected chi connectivity index (χ4v) is 3.24. The zero-order chi connectivity index (χ0) is 14.2. The van der Waals surface area contributed by atoms with E-state index in [2.05, 4.69) is 26.8 Å². The third-order valence-corrected chi connectivity index (χ3v) is 4.01. The van der Waals surface area contributed by atoms with E-state index >= 15 is 0 Å². The van der Waals surface area contributed by atoms with Crippen LogP contribution in [0, 0.1) is 0 Å². The molecule has 1 heterocycles. The Labute approximate surface area is 119 Å². The van der Waals surface area contributed by atoms with E-state index < -0.39 is 0 Å². The Bertz CT molecular complexity index is 499. The molecule has 0 bridgehead atoms. The third-order valence-electron chi connectivity index (χ3n) is 3.78. The van der Waals surface area contributed by atoms with Crippen LogP contribution in [0.25, 0.3) is 0 Å². The summed E-state index contributed by atoms with van der Waals surface area (Å²) in [7, 11) is 1.63. The maximum Gasteiger partial charge on any atom is 0.242 e. The number of anilines is 1. The van der Waals surface area contributed by atoms with Crippen molar-refractivity contribution in [1.82, 2.24) is 0 Å². The zero-order valence-electron chi connectivity index (χ0n) is 11.9. The van der Waals surface area contributed by atoms with Crippen LogP contribution in [0.3, 0.4) is 0 Å². The highest BCUT2D eigenvalue weighted by Gasteiger charge is 2.41. The molecule has 0 spiro atoms. The maximum absolute atomic E-state index is 12.3. The summed E-state index contributed by atoms with van der Waals surface area (Å²) in [5, 5.41) is 0. The van der Waals surface area contributed by atoms with E-state index in [9.17, 15) is 4.79 Å². The van der Waals surface area contributed by atoms with Gasteiger partial charge in [-0.2, -0.15) is 0 Å². The second kappa shape index (κ2) is 5.04. The van der Waals surface area contributed by atoms with E-state index in [4.69, 9.17) is 16.3 Å². The fraction of sp³-hybridized carbons (Fsp3) is 0.533. The van der Waals surface area contributed by atoms with Crippen LogP contribution in [0.2, 0.25) is 0 Å². The molecule has 1 aliphatic heterocycles. The van der Waals surface area contributed by atoms with Crippen LogP contribution in [0.1, 0.15) is 38.7 Å². The summed E-state index contributed by atoms with van der Waals surface area (Å²) in [6.07, 6.45) is 0.912. The number of amides is 1. The molecular formula is C15H20ClNO2. The molecule has 4 heteroatoms. The van der Waals surface area contributed by atoms with Crippen molar-refractivity contribution in [3.8, 4) is 5.75 Å². The van der Waals surface area contributed by atoms with Gasteiger partial charge in [0.25, 0.3) is 0 Å². The molecule has 0 saturated carbocycles. The number of nitrogens with zero attached hydrogens (tertiary/aromatic N) is 1. The van der Waals surface area contributed by atoms with Gasteiger partial charge < -0.3 is 9.64 Å². The van der Waals surface area contributed by atoms with Crippen molar-refractivity contribution in [2.45, 2.75) is 38.6 Å². The zero-order valence-corrected chi connectivity index (χ0v) is 12.6. The molecule has 0 fully saturated rings. The number of para-hydroxylation sites is 1. The molecule has 1 atom stereocenters. The van der Waals surface area contributed by atoms with Gasteiger partial charge >= 0.3 is 0 Å². The van der Waals surface area contributed by atoms with Crippen LogP contribution in [0.5, 0.6) is 5.75 Å². The maximum atomic E-state index is 12.3. The number of halogens is 1. The van der Waals surface area contributed by atoms with Crippen LogP contribution in [0.4, 0.5) is 5.69 Å². The van der Waals surface area contributed by atoms with Crippen molar-refractivity contribution in [2.75, 3.05) is 17.9 Å². The van der Waals surface area contributed by atoms with Crippen molar-refractivity contribution in [3.05, 3.63) is 23.8 Å². The number of hydrogen-bond acceptors (Lipinski definition) is 2. The van der Waals surface area contributed by atoms with Crippen molar-refractivity contribution < 1.29 is 9.53 Å². The summed E-state index contributed by atoms with van der Waals surface area (Å²) in [4.78, 5) is 14.1. The highest BCUT2D eigenvalue weighted by Crippen LogP contribution is 2.47. The van der Waals surface area contributed by atoms with Crippen LogP contribution in [-0.2, 0) is 4.79 Å². The van der Waals surface area contributed by atoms with Gasteiger partial charge in [0.15, 0.2) is 0 Å². The first-order valence-corrected chi connectivity index (χ1v) is 7.01. The van der Waals surface area contributed by atoms with Gasteiger partial charge in [-0.25, -0.2) is 0 Å². The normalized spacial score (nSPS) is 20.9. The number of alkyl halides is 1. The number of fused-ring (bicyclic) bond motifs is 1. The summed E-state index contributed by atoms with van der Waals surface area (Å²) in [5.41, 5.74) is 1.77. The van der Waals surface area contributed by atoms with Gasteiger partial charge in [-0.15, -0.1) is 11.6 Å². The number of methoxy groups -OCH3 is 1. The SMILES string of the molecule is COc1cccc2c1N(C(=O)CCl)C(C)(C)C[C@H]2C. The molecule has 104 valence electrons. The summed E-state index contributed by atoms with van der Waals surface area (Å²) < 4.78 is 5.44. The first-order chi connectivity index (χ1) is 8.92. The standard InChI is InChI=1S/C15H20ClNO2/c1-10-8-15(2,3)17(13(18)9-16)14-11(10)6-5-7-12(14)19-4/h5-7,10H,8-9H2,1-4H3/t10-/m1/s1. The molecule has 1 aromatic carbocycles. The number of ether oxygens (including phenoxy) is 1. The molecule has 0 saturated heterocycles. The highest BCUT2D eigenvalue weighted by molar-refractivity contribution is 6.29. The molecule has 0 N–H and O–H groups in total.